The molecule has 1 amide bonds. The van der Waals surface area contributed by atoms with Crippen LogP contribution in [0.5, 0.6) is 0 Å². The lowest BCUT2D eigenvalue weighted by Crippen LogP contribution is -2.56. The summed E-state index contributed by atoms with van der Waals surface area (Å²) in [6.45, 7) is 8.42. The summed E-state index contributed by atoms with van der Waals surface area (Å²) in [5.41, 5.74) is 0. The minimum absolute atomic E-state index is 0.0183. The zero-order valence-corrected chi connectivity index (χ0v) is 9.18. The Hall–Kier alpha value is -0.610. The van der Waals surface area contributed by atoms with Crippen LogP contribution in [0.2, 0.25) is 0 Å². The van der Waals surface area contributed by atoms with Crippen LogP contribution in [-0.4, -0.2) is 49.6 Å². The second-order valence-electron chi connectivity index (χ2n) is 3.63. The molecule has 0 radical (unpaired) electrons. The predicted molar refractivity (Wildman–Crippen MR) is 57.2 cm³/mol. The van der Waals surface area contributed by atoms with Crippen molar-refractivity contribution in [1.29, 1.82) is 0 Å². The quantitative estimate of drug-likeness (QED) is 0.659. The van der Waals surface area contributed by atoms with Crippen LogP contribution < -0.4 is 10.6 Å². The minimum Gasteiger partial charge on any atom is -0.342 e. The Morgan fingerprint density at radius 3 is 2.71 bits per heavy atom. The molecule has 82 valence electrons. The number of hydrogen-bond donors (Lipinski definition) is 2. The average Bonchev–Trinajstić information content (AvgIpc) is 2.26. The maximum atomic E-state index is 11.9. The zero-order chi connectivity index (χ0) is 10.4. The molecule has 14 heavy (non-hydrogen) atoms. The van der Waals surface area contributed by atoms with Crippen molar-refractivity contribution in [1.82, 2.24) is 15.5 Å². The number of carbonyl (C=O) groups excluding carboxylic acids is 1. The molecule has 0 bridgehead atoms. The van der Waals surface area contributed by atoms with E-state index < -0.39 is 0 Å². The number of nitrogens with zero attached hydrogens (tertiary/aromatic N) is 1. The van der Waals surface area contributed by atoms with E-state index in [1.54, 1.807) is 0 Å². The van der Waals surface area contributed by atoms with Crippen LogP contribution in [0.15, 0.2) is 0 Å². The molecule has 1 saturated heterocycles. The molecule has 0 aromatic carbocycles. The Bertz CT molecular complexity index is 171. The minimum atomic E-state index is -0.0183. The fraction of sp³-hybridized carbons (Fsp3) is 0.900. The fourth-order valence-corrected chi connectivity index (χ4v) is 1.74. The second kappa shape index (κ2) is 5.98. The summed E-state index contributed by atoms with van der Waals surface area (Å²) < 4.78 is 0. The lowest BCUT2D eigenvalue weighted by atomic mass is 10.2. The Kier molecular flexibility index (Phi) is 4.90. The highest BCUT2D eigenvalue weighted by Gasteiger charge is 2.23. The first kappa shape index (κ1) is 11.5. The van der Waals surface area contributed by atoms with Crippen molar-refractivity contribution in [2.24, 2.45) is 0 Å². The third-order valence-corrected chi connectivity index (χ3v) is 2.53. The van der Waals surface area contributed by atoms with Gasteiger partial charge in [-0.3, -0.25) is 4.79 Å². The molecule has 0 aromatic rings. The van der Waals surface area contributed by atoms with E-state index in [9.17, 15) is 4.79 Å². The van der Waals surface area contributed by atoms with Crippen molar-refractivity contribution in [2.75, 3.05) is 32.7 Å². The van der Waals surface area contributed by atoms with E-state index in [0.29, 0.717) is 0 Å². The van der Waals surface area contributed by atoms with Gasteiger partial charge in [0.25, 0.3) is 0 Å². The van der Waals surface area contributed by atoms with Crippen molar-refractivity contribution in [3.8, 4) is 0 Å². The first-order valence-electron chi connectivity index (χ1n) is 5.52. The fourth-order valence-electron chi connectivity index (χ4n) is 1.74. The maximum Gasteiger partial charge on any atom is 0.241 e. The number of piperazine rings is 1. The molecular weight excluding hydrogens is 178 g/mol. The van der Waals surface area contributed by atoms with E-state index in [-0.39, 0.29) is 11.9 Å². The van der Waals surface area contributed by atoms with Crippen molar-refractivity contribution < 1.29 is 4.79 Å². The van der Waals surface area contributed by atoms with E-state index in [2.05, 4.69) is 17.6 Å². The molecule has 0 aliphatic carbocycles. The van der Waals surface area contributed by atoms with E-state index in [1.165, 1.54) is 0 Å². The predicted octanol–water partition coefficient (Wildman–Crippen LogP) is -0.194. The summed E-state index contributed by atoms with van der Waals surface area (Å²) in [5.74, 6) is 0.238. The highest BCUT2D eigenvalue weighted by atomic mass is 16.2. The summed E-state index contributed by atoms with van der Waals surface area (Å²) >= 11 is 0. The van der Waals surface area contributed by atoms with E-state index in [4.69, 9.17) is 0 Å². The monoisotopic (exact) mass is 199 g/mol. The molecule has 0 spiro atoms. The topological polar surface area (TPSA) is 44.4 Å². The van der Waals surface area contributed by atoms with Gasteiger partial charge < -0.3 is 15.5 Å². The summed E-state index contributed by atoms with van der Waals surface area (Å²) in [6, 6.07) is -0.0183. The highest BCUT2D eigenvalue weighted by molar-refractivity contribution is 5.82. The van der Waals surface area contributed by atoms with E-state index in [1.807, 2.05) is 11.8 Å². The smallest absolute Gasteiger partial charge is 0.241 e. The van der Waals surface area contributed by atoms with Crippen LogP contribution in [0, 0.1) is 0 Å². The van der Waals surface area contributed by atoms with Crippen LogP contribution in [0.25, 0.3) is 0 Å². The molecule has 1 unspecified atom stereocenters. The van der Waals surface area contributed by atoms with Crippen molar-refractivity contribution in [3.63, 3.8) is 0 Å². The molecule has 0 saturated carbocycles. The molecule has 1 aliphatic rings. The zero-order valence-electron chi connectivity index (χ0n) is 9.18. The Morgan fingerprint density at radius 2 is 2.21 bits per heavy atom. The normalized spacial score (nSPS) is 22.0. The number of likely N-dealkylation sites (N-methyl/N-ethyl adjacent to an activating group) is 1. The van der Waals surface area contributed by atoms with Crippen molar-refractivity contribution >= 4 is 5.91 Å². The van der Waals surface area contributed by atoms with Gasteiger partial charge in [0.15, 0.2) is 0 Å². The third-order valence-electron chi connectivity index (χ3n) is 2.53. The number of nitrogens with one attached hydrogen (secondary N) is 2. The SMILES string of the molecule is CCCN(CC)C(=O)C1CNCCN1. The van der Waals surface area contributed by atoms with Gasteiger partial charge in [-0.05, 0) is 13.3 Å². The molecule has 0 aromatic heterocycles. The average molecular weight is 199 g/mol. The summed E-state index contributed by atoms with van der Waals surface area (Å²) in [6.07, 6.45) is 1.03. The molecule has 1 fully saturated rings. The van der Waals surface area contributed by atoms with Crippen LogP contribution in [0.1, 0.15) is 20.3 Å². The standard InChI is InChI=1S/C10H21N3O/c1-3-7-13(4-2)10(14)9-8-11-5-6-12-9/h9,11-12H,3-8H2,1-2H3. The van der Waals surface area contributed by atoms with Gasteiger partial charge >= 0.3 is 0 Å². The number of rotatable bonds is 4. The second-order valence-corrected chi connectivity index (χ2v) is 3.63. The van der Waals surface area contributed by atoms with Crippen LogP contribution >= 0.6 is 0 Å². The molecule has 1 atom stereocenters. The molecule has 4 heteroatoms. The van der Waals surface area contributed by atoms with Crippen molar-refractivity contribution in [3.05, 3.63) is 0 Å². The summed E-state index contributed by atoms with van der Waals surface area (Å²) in [7, 11) is 0. The van der Waals surface area contributed by atoms with Crippen LogP contribution in [0.3, 0.4) is 0 Å². The van der Waals surface area contributed by atoms with Crippen LogP contribution in [0.4, 0.5) is 0 Å². The summed E-state index contributed by atoms with van der Waals surface area (Å²) in [5, 5.41) is 6.47. The molecule has 1 heterocycles. The lowest BCUT2D eigenvalue weighted by Gasteiger charge is -2.29. The third kappa shape index (κ3) is 2.96. The Morgan fingerprint density at radius 1 is 1.43 bits per heavy atom. The Labute approximate surface area is 86.0 Å². The first-order chi connectivity index (χ1) is 6.79. The van der Waals surface area contributed by atoms with Gasteiger partial charge in [-0.15, -0.1) is 0 Å². The number of amides is 1. The van der Waals surface area contributed by atoms with Gasteiger partial charge in [0, 0.05) is 32.7 Å². The van der Waals surface area contributed by atoms with Gasteiger partial charge in [0.2, 0.25) is 5.91 Å². The molecule has 1 aliphatic heterocycles. The molecular formula is C10H21N3O. The van der Waals surface area contributed by atoms with E-state index in [0.717, 1.165) is 39.1 Å². The number of hydrogen-bond acceptors (Lipinski definition) is 3. The largest absolute Gasteiger partial charge is 0.342 e. The Balaban J connectivity index is 2.43. The van der Waals surface area contributed by atoms with Gasteiger partial charge in [0.1, 0.15) is 0 Å². The van der Waals surface area contributed by atoms with Crippen LogP contribution in [-0.2, 0) is 4.79 Å². The van der Waals surface area contributed by atoms with Gasteiger partial charge in [-0.1, -0.05) is 6.92 Å². The molecule has 1 rings (SSSR count). The molecule has 4 nitrogen and oxygen atoms in total. The summed E-state index contributed by atoms with van der Waals surface area (Å²) in [4.78, 5) is 13.9. The van der Waals surface area contributed by atoms with Crippen molar-refractivity contribution in [2.45, 2.75) is 26.3 Å². The van der Waals surface area contributed by atoms with Gasteiger partial charge in [0.05, 0.1) is 6.04 Å². The number of carbonyl (C=O) groups is 1. The van der Waals surface area contributed by atoms with Gasteiger partial charge in [-0.25, -0.2) is 0 Å². The highest BCUT2D eigenvalue weighted by Crippen LogP contribution is 1.98. The first-order valence-corrected chi connectivity index (χ1v) is 5.52. The van der Waals surface area contributed by atoms with Gasteiger partial charge in [-0.2, -0.15) is 0 Å². The van der Waals surface area contributed by atoms with E-state index >= 15 is 0 Å². The molecule has 2 N–H and O–H groups in total. The maximum absolute atomic E-state index is 11.9. The lowest BCUT2D eigenvalue weighted by molar-refractivity contribution is -0.133.